The average molecular weight is 518 g/mol. The quantitative estimate of drug-likeness (QED) is 0.349. The molecular formula is C19H27IN4O3S. The molecular weight excluding hydrogens is 491 g/mol. The van der Waals surface area contributed by atoms with Crippen LogP contribution in [0.3, 0.4) is 0 Å². The SMILES string of the molecule is CN=C(NCc1ccoc1)NCC1CCN(S(=O)(=O)c2ccccc2)CC1.I. The van der Waals surface area contributed by atoms with Crippen LogP contribution in [0.5, 0.6) is 0 Å². The van der Waals surface area contributed by atoms with Crippen molar-refractivity contribution < 1.29 is 12.8 Å². The summed E-state index contributed by atoms with van der Waals surface area (Å²) in [6, 6.07) is 10.5. The molecule has 28 heavy (non-hydrogen) atoms. The zero-order valence-corrected chi connectivity index (χ0v) is 19.0. The van der Waals surface area contributed by atoms with Gasteiger partial charge in [-0.1, -0.05) is 18.2 Å². The van der Waals surface area contributed by atoms with Gasteiger partial charge in [0.2, 0.25) is 10.0 Å². The third kappa shape index (κ3) is 5.95. The van der Waals surface area contributed by atoms with Crippen LogP contribution in [0.25, 0.3) is 0 Å². The zero-order valence-electron chi connectivity index (χ0n) is 15.9. The third-order valence-electron chi connectivity index (χ3n) is 4.78. The molecule has 1 saturated heterocycles. The van der Waals surface area contributed by atoms with Gasteiger partial charge in [0.05, 0.1) is 17.4 Å². The lowest BCUT2D eigenvalue weighted by atomic mass is 9.98. The summed E-state index contributed by atoms with van der Waals surface area (Å²) in [5.74, 6) is 1.15. The Kier molecular flexibility index (Phi) is 8.77. The van der Waals surface area contributed by atoms with E-state index in [1.165, 1.54) is 0 Å². The van der Waals surface area contributed by atoms with Gasteiger partial charge < -0.3 is 15.1 Å². The number of hydrogen-bond acceptors (Lipinski definition) is 4. The van der Waals surface area contributed by atoms with Crippen LogP contribution in [0.2, 0.25) is 0 Å². The number of aliphatic imine (C=N–C) groups is 1. The molecule has 2 aromatic rings. The van der Waals surface area contributed by atoms with Gasteiger partial charge in [-0.15, -0.1) is 24.0 Å². The van der Waals surface area contributed by atoms with Crippen molar-refractivity contribution in [3.8, 4) is 0 Å². The van der Waals surface area contributed by atoms with E-state index in [-0.39, 0.29) is 24.0 Å². The van der Waals surface area contributed by atoms with Crippen LogP contribution in [0.1, 0.15) is 18.4 Å². The maximum atomic E-state index is 12.7. The Morgan fingerprint density at radius 2 is 1.89 bits per heavy atom. The number of furan rings is 1. The van der Waals surface area contributed by atoms with Gasteiger partial charge in [0.15, 0.2) is 5.96 Å². The molecule has 1 aliphatic rings. The predicted molar refractivity (Wildman–Crippen MR) is 120 cm³/mol. The average Bonchev–Trinajstić information content (AvgIpc) is 3.23. The first-order chi connectivity index (χ1) is 13.1. The molecule has 1 aromatic heterocycles. The summed E-state index contributed by atoms with van der Waals surface area (Å²) in [5.41, 5.74) is 1.05. The fraction of sp³-hybridized carbons (Fsp3) is 0.421. The lowest BCUT2D eigenvalue weighted by Crippen LogP contribution is -2.44. The van der Waals surface area contributed by atoms with Crippen LogP contribution in [-0.2, 0) is 16.6 Å². The van der Waals surface area contributed by atoms with Crippen LogP contribution < -0.4 is 10.6 Å². The second-order valence-electron chi connectivity index (χ2n) is 6.60. The molecule has 0 atom stereocenters. The van der Waals surface area contributed by atoms with Crippen molar-refractivity contribution >= 4 is 40.0 Å². The van der Waals surface area contributed by atoms with Crippen molar-refractivity contribution in [2.75, 3.05) is 26.7 Å². The Bertz CT molecular complexity index is 833. The van der Waals surface area contributed by atoms with Crippen molar-refractivity contribution in [2.24, 2.45) is 10.9 Å². The number of piperidine rings is 1. The number of benzene rings is 1. The molecule has 3 rings (SSSR count). The van der Waals surface area contributed by atoms with Gasteiger partial charge in [-0.25, -0.2) is 8.42 Å². The van der Waals surface area contributed by atoms with E-state index in [0.29, 0.717) is 30.4 Å². The Labute approximate surface area is 183 Å². The molecule has 1 aliphatic heterocycles. The number of nitrogens with one attached hydrogen (secondary N) is 2. The van der Waals surface area contributed by atoms with Gasteiger partial charge in [-0.2, -0.15) is 4.31 Å². The molecule has 0 amide bonds. The van der Waals surface area contributed by atoms with E-state index in [0.717, 1.165) is 30.9 Å². The Morgan fingerprint density at radius 1 is 1.18 bits per heavy atom. The summed E-state index contributed by atoms with van der Waals surface area (Å²) >= 11 is 0. The molecule has 9 heteroatoms. The first kappa shape index (κ1) is 22.7. The highest BCUT2D eigenvalue weighted by molar-refractivity contribution is 14.0. The first-order valence-electron chi connectivity index (χ1n) is 9.10. The standard InChI is InChI=1S/C19H26N4O3S.HI/c1-20-19(22-14-17-9-12-26-15-17)21-13-16-7-10-23(11-8-16)27(24,25)18-5-3-2-4-6-18;/h2-6,9,12,15-16H,7-8,10-11,13-14H2,1H3,(H2,20,21,22);1H. The maximum Gasteiger partial charge on any atom is 0.243 e. The Balaban J connectivity index is 0.00000280. The monoisotopic (exact) mass is 518 g/mol. The third-order valence-corrected chi connectivity index (χ3v) is 6.69. The molecule has 1 fully saturated rings. The molecule has 0 radical (unpaired) electrons. The molecule has 2 N–H and O–H groups in total. The number of guanidine groups is 1. The second-order valence-corrected chi connectivity index (χ2v) is 8.54. The van der Waals surface area contributed by atoms with Gasteiger partial charge in [0.25, 0.3) is 0 Å². The van der Waals surface area contributed by atoms with Crippen molar-refractivity contribution in [3.05, 3.63) is 54.5 Å². The fourth-order valence-corrected chi connectivity index (χ4v) is 4.63. The van der Waals surface area contributed by atoms with Crippen LogP contribution in [-0.4, -0.2) is 45.4 Å². The summed E-state index contributed by atoms with van der Waals surface area (Å²) in [4.78, 5) is 4.59. The van der Waals surface area contributed by atoms with Crippen LogP contribution in [0, 0.1) is 5.92 Å². The van der Waals surface area contributed by atoms with Gasteiger partial charge in [0, 0.05) is 38.8 Å². The van der Waals surface area contributed by atoms with E-state index in [4.69, 9.17) is 4.42 Å². The van der Waals surface area contributed by atoms with Gasteiger partial charge >= 0.3 is 0 Å². The molecule has 1 aromatic carbocycles. The van der Waals surface area contributed by atoms with Crippen molar-refractivity contribution in [3.63, 3.8) is 0 Å². The summed E-state index contributed by atoms with van der Waals surface area (Å²) in [6.45, 7) is 2.50. The summed E-state index contributed by atoms with van der Waals surface area (Å²) in [6.07, 6.45) is 5.00. The lowest BCUT2D eigenvalue weighted by Gasteiger charge is -2.31. The molecule has 0 bridgehead atoms. The maximum absolute atomic E-state index is 12.7. The van der Waals surface area contributed by atoms with Crippen LogP contribution >= 0.6 is 24.0 Å². The normalized spacial score (nSPS) is 16.4. The van der Waals surface area contributed by atoms with Crippen LogP contribution in [0.4, 0.5) is 0 Å². The predicted octanol–water partition coefficient (Wildman–Crippen LogP) is 2.66. The van der Waals surface area contributed by atoms with E-state index >= 15 is 0 Å². The molecule has 154 valence electrons. The van der Waals surface area contributed by atoms with Crippen molar-refractivity contribution in [2.45, 2.75) is 24.3 Å². The molecule has 7 nitrogen and oxygen atoms in total. The van der Waals surface area contributed by atoms with Gasteiger partial charge in [-0.3, -0.25) is 4.99 Å². The fourth-order valence-electron chi connectivity index (χ4n) is 3.14. The summed E-state index contributed by atoms with van der Waals surface area (Å²) < 4.78 is 32.0. The van der Waals surface area contributed by atoms with E-state index in [1.807, 2.05) is 12.1 Å². The van der Waals surface area contributed by atoms with Crippen molar-refractivity contribution in [1.82, 2.24) is 14.9 Å². The number of rotatable bonds is 6. The number of hydrogen-bond donors (Lipinski definition) is 2. The highest BCUT2D eigenvalue weighted by Crippen LogP contribution is 2.23. The topological polar surface area (TPSA) is 86.9 Å². The van der Waals surface area contributed by atoms with Crippen LogP contribution in [0.15, 0.2) is 63.2 Å². The highest BCUT2D eigenvalue weighted by Gasteiger charge is 2.29. The van der Waals surface area contributed by atoms with E-state index in [9.17, 15) is 8.42 Å². The highest BCUT2D eigenvalue weighted by atomic mass is 127. The minimum Gasteiger partial charge on any atom is -0.472 e. The van der Waals surface area contributed by atoms with E-state index in [1.54, 1.807) is 48.1 Å². The molecule has 0 unspecified atom stereocenters. The molecule has 0 spiro atoms. The van der Waals surface area contributed by atoms with Crippen molar-refractivity contribution in [1.29, 1.82) is 0 Å². The smallest absolute Gasteiger partial charge is 0.243 e. The Hall–Kier alpha value is -1.59. The first-order valence-corrected chi connectivity index (χ1v) is 10.5. The summed E-state index contributed by atoms with van der Waals surface area (Å²) in [7, 11) is -1.65. The number of nitrogens with zero attached hydrogens (tertiary/aromatic N) is 2. The molecule has 2 heterocycles. The van der Waals surface area contributed by atoms with Gasteiger partial charge in [-0.05, 0) is 37.0 Å². The van der Waals surface area contributed by atoms with Gasteiger partial charge in [0.1, 0.15) is 0 Å². The summed E-state index contributed by atoms with van der Waals surface area (Å²) in [5, 5.41) is 6.57. The minimum atomic E-state index is -3.39. The zero-order chi connectivity index (χ0) is 19.1. The molecule has 0 saturated carbocycles. The molecule has 0 aliphatic carbocycles. The second kappa shape index (κ2) is 10.8. The largest absolute Gasteiger partial charge is 0.472 e. The van der Waals surface area contributed by atoms with E-state index in [2.05, 4.69) is 15.6 Å². The minimum absolute atomic E-state index is 0. The lowest BCUT2D eigenvalue weighted by molar-refractivity contribution is 0.273. The van der Waals surface area contributed by atoms with E-state index < -0.39 is 10.0 Å². The number of sulfonamides is 1. The Morgan fingerprint density at radius 3 is 2.50 bits per heavy atom. The number of halogens is 1.